The van der Waals surface area contributed by atoms with Crippen molar-refractivity contribution in [3.8, 4) is 0 Å². The number of unbranched alkanes of at least 4 members (excludes halogenated alkanes) is 6. The maximum Gasteiger partial charge on any atom is 0.306 e. The summed E-state index contributed by atoms with van der Waals surface area (Å²) in [5.41, 5.74) is 0. The van der Waals surface area contributed by atoms with Crippen LogP contribution in [-0.4, -0.2) is 37.2 Å². The molecule has 63 heavy (non-hydrogen) atoms. The van der Waals surface area contributed by atoms with Gasteiger partial charge in [-0.05, 0) is 96.3 Å². The van der Waals surface area contributed by atoms with E-state index >= 15 is 0 Å². The van der Waals surface area contributed by atoms with Crippen LogP contribution in [0.25, 0.3) is 0 Å². The van der Waals surface area contributed by atoms with Crippen molar-refractivity contribution >= 4 is 17.9 Å². The van der Waals surface area contributed by atoms with Crippen molar-refractivity contribution in [2.75, 3.05) is 13.2 Å². The van der Waals surface area contributed by atoms with Crippen LogP contribution in [0.3, 0.4) is 0 Å². The number of allylic oxidation sites excluding steroid dienone is 28. The van der Waals surface area contributed by atoms with Gasteiger partial charge in [0.25, 0.3) is 0 Å². The standard InChI is InChI=1S/C57H82O6/c1-4-7-10-13-16-19-22-25-26-27-28-29-30-33-35-38-41-44-47-50-56(59)62-53-54(63-57(60)51-48-45-42-39-36-32-24-21-18-15-12-9-6-3)52-61-55(58)49-46-43-40-37-34-31-23-20-17-14-11-8-5-2/h7-12,14-21,23-26,28-29,31-36,41,44,54H,4-6,13,22,27,30,37-40,42-43,45-53H2,1-3H3/b10-7-,11-8-,12-9-,17-14-,18-15-,19-16-,23-20-,24-21-,26-25-,29-28-,34-31-,35-33-,36-32-,44-41-. The molecular weight excluding hydrogens is 781 g/mol. The predicted octanol–water partition coefficient (Wildman–Crippen LogP) is 15.6. The molecule has 346 valence electrons. The Morgan fingerprint density at radius 2 is 0.683 bits per heavy atom. The summed E-state index contributed by atoms with van der Waals surface area (Å²) < 4.78 is 16.6. The molecule has 0 fully saturated rings. The smallest absolute Gasteiger partial charge is 0.306 e. The predicted molar refractivity (Wildman–Crippen MR) is 269 cm³/mol. The Bertz CT molecular complexity index is 1550. The first kappa shape index (κ1) is 57.8. The molecule has 6 heteroatoms. The minimum Gasteiger partial charge on any atom is -0.462 e. The fourth-order valence-electron chi connectivity index (χ4n) is 5.43. The average molecular weight is 863 g/mol. The minimum atomic E-state index is -0.854. The molecule has 0 saturated heterocycles. The van der Waals surface area contributed by atoms with E-state index in [1.54, 1.807) is 0 Å². The highest BCUT2D eigenvalue weighted by Gasteiger charge is 2.19. The zero-order chi connectivity index (χ0) is 45.8. The largest absolute Gasteiger partial charge is 0.462 e. The molecule has 0 aromatic rings. The van der Waals surface area contributed by atoms with E-state index in [1.807, 2.05) is 85.1 Å². The summed E-state index contributed by atoms with van der Waals surface area (Å²) >= 11 is 0. The van der Waals surface area contributed by atoms with E-state index in [-0.39, 0.29) is 50.4 Å². The lowest BCUT2D eigenvalue weighted by molar-refractivity contribution is -0.166. The van der Waals surface area contributed by atoms with Crippen LogP contribution in [0.1, 0.15) is 149 Å². The van der Waals surface area contributed by atoms with Gasteiger partial charge in [-0.2, -0.15) is 0 Å². The van der Waals surface area contributed by atoms with Gasteiger partial charge in [-0.25, -0.2) is 0 Å². The first-order chi connectivity index (χ1) is 31.0. The SMILES string of the molecule is CC\C=C/C=C\C=C/C=C\CCCCCC(=O)OCC(COC(=O)CC/C=C\C/C=C\C/C=C\C/C=C\C/C=C\C/C=C\CC)OC(=O)CCCCC\C=C/C=C\C=C/C=C\CC. The zero-order valence-corrected chi connectivity index (χ0v) is 39.2. The van der Waals surface area contributed by atoms with E-state index in [9.17, 15) is 14.4 Å². The van der Waals surface area contributed by atoms with Crippen LogP contribution in [0.5, 0.6) is 0 Å². The minimum absolute atomic E-state index is 0.148. The average Bonchev–Trinajstić information content (AvgIpc) is 3.28. The van der Waals surface area contributed by atoms with Gasteiger partial charge in [-0.1, -0.05) is 204 Å². The Morgan fingerprint density at radius 1 is 0.333 bits per heavy atom. The molecule has 0 aliphatic heterocycles. The molecule has 0 spiro atoms. The molecule has 0 aromatic heterocycles. The topological polar surface area (TPSA) is 78.9 Å². The molecule has 0 aliphatic carbocycles. The lowest BCUT2D eigenvalue weighted by atomic mass is 10.1. The molecule has 0 saturated carbocycles. The van der Waals surface area contributed by atoms with Crippen LogP contribution in [0, 0.1) is 0 Å². The number of rotatable bonds is 39. The fourth-order valence-corrected chi connectivity index (χ4v) is 5.43. The Hall–Kier alpha value is -5.23. The van der Waals surface area contributed by atoms with E-state index in [4.69, 9.17) is 14.2 Å². The van der Waals surface area contributed by atoms with E-state index in [0.717, 1.165) is 89.9 Å². The van der Waals surface area contributed by atoms with Crippen LogP contribution in [0.4, 0.5) is 0 Å². The molecule has 1 atom stereocenters. The molecule has 0 rings (SSSR count). The fraction of sp³-hybridized carbons (Fsp3) is 0.456. The van der Waals surface area contributed by atoms with E-state index in [2.05, 4.69) is 106 Å². The van der Waals surface area contributed by atoms with Crippen LogP contribution < -0.4 is 0 Å². The van der Waals surface area contributed by atoms with Gasteiger partial charge >= 0.3 is 17.9 Å². The third-order valence-corrected chi connectivity index (χ3v) is 8.90. The first-order valence-corrected chi connectivity index (χ1v) is 23.7. The second-order valence-electron chi connectivity index (χ2n) is 14.7. The Morgan fingerprint density at radius 3 is 1.11 bits per heavy atom. The molecule has 0 N–H and O–H groups in total. The summed E-state index contributed by atoms with van der Waals surface area (Å²) in [6, 6.07) is 0. The van der Waals surface area contributed by atoms with Gasteiger partial charge in [0.05, 0.1) is 0 Å². The Kier molecular flexibility index (Phi) is 45.3. The number of hydrogen-bond donors (Lipinski definition) is 0. The monoisotopic (exact) mass is 863 g/mol. The second kappa shape index (κ2) is 49.4. The molecule has 0 aliphatic rings. The highest BCUT2D eigenvalue weighted by Crippen LogP contribution is 2.10. The third-order valence-electron chi connectivity index (χ3n) is 8.90. The van der Waals surface area contributed by atoms with Crippen molar-refractivity contribution in [2.24, 2.45) is 0 Å². The number of carbonyl (C=O) groups excluding carboxylic acids is 3. The molecule has 0 bridgehead atoms. The quantitative estimate of drug-likeness (QED) is 0.0201. The molecule has 0 radical (unpaired) electrons. The van der Waals surface area contributed by atoms with Gasteiger partial charge in [-0.15, -0.1) is 0 Å². The van der Waals surface area contributed by atoms with Gasteiger partial charge in [0.1, 0.15) is 13.2 Å². The highest BCUT2D eigenvalue weighted by atomic mass is 16.6. The number of ether oxygens (including phenoxy) is 3. The van der Waals surface area contributed by atoms with Gasteiger partial charge in [0, 0.05) is 19.3 Å². The lowest BCUT2D eigenvalue weighted by Crippen LogP contribution is -2.30. The molecule has 0 aromatic carbocycles. The Labute approximate surface area is 383 Å². The number of hydrogen-bond acceptors (Lipinski definition) is 6. The highest BCUT2D eigenvalue weighted by molar-refractivity contribution is 5.71. The van der Waals surface area contributed by atoms with Crippen molar-refractivity contribution in [2.45, 2.75) is 155 Å². The van der Waals surface area contributed by atoms with Gasteiger partial charge in [-0.3, -0.25) is 14.4 Å². The van der Waals surface area contributed by atoms with Gasteiger partial charge < -0.3 is 14.2 Å². The number of esters is 3. The van der Waals surface area contributed by atoms with E-state index in [0.29, 0.717) is 19.3 Å². The van der Waals surface area contributed by atoms with Crippen molar-refractivity contribution in [1.82, 2.24) is 0 Å². The molecule has 6 nitrogen and oxygen atoms in total. The zero-order valence-electron chi connectivity index (χ0n) is 39.2. The molecule has 1 unspecified atom stereocenters. The van der Waals surface area contributed by atoms with Crippen LogP contribution >= 0.6 is 0 Å². The number of carbonyl (C=O) groups is 3. The summed E-state index contributed by atoms with van der Waals surface area (Å²) in [4.78, 5) is 37.8. The van der Waals surface area contributed by atoms with E-state index < -0.39 is 6.10 Å². The second-order valence-corrected chi connectivity index (χ2v) is 14.7. The van der Waals surface area contributed by atoms with Crippen molar-refractivity contribution in [1.29, 1.82) is 0 Å². The van der Waals surface area contributed by atoms with Crippen molar-refractivity contribution in [3.63, 3.8) is 0 Å². The van der Waals surface area contributed by atoms with Crippen molar-refractivity contribution < 1.29 is 28.6 Å². The summed E-state index contributed by atoms with van der Waals surface area (Å²) in [5.74, 6) is -1.13. The van der Waals surface area contributed by atoms with Gasteiger partial charge in [0.2, 0.25) is 0 Å². The lowest BCUT2D eigenvalue weighted by Gasteiger charge is -2.18. The summed E-state index contributed by atoms with van der Waals surface area (Å²) in [7, 11) is 0. The third kappa shape index (κ3) is 47.7. The summed E-state index contributed by atoms with van der Waals surface area (Å²) in [5, 5.41) is 0. The molecule has 0 heterocycles. The molecular formula is C57H82O6. The van der Waals surface area contributed by atoms with Crippen LogP contribution in [0.15, 0.2) is 170 Å². The van der Waals surface area contributed by atoms with Crippen LogP contribution in [-0.2, 0) is 28.6 Å². The van der Waals surface area contributed by atoms with Crippen molar-refractivity contribution in [3.05, 3.63) is 170 Å². The first-order valence-electron chi connectivity index (χ1n) is 23.7. The maximum atomic E-state index is 12.7. The molecule has 0 amide bonds. The summed E-state index contributed by atoms with van der Waals surface area (Å²) in [6.07, 6.45) is 73.5. The normalized spacial score (nSPS) is 13.6. The maximum absolute atomic E-state index is 12.7. The summed E-state index contributed by atoms with van der Waals surface area (Å²) in [6.45, 7) is 6.06. The van der Waals surface area contributed by atoms with E-state index in [1.165, 1.54) is 0 Å². The van der Waals surface area contributed by atoms with Crippen LogP contribution in [0.2, 0.25) is 0 Å². The Balaban J connectivity index is 4.66. The van der Waals surface area contributed by atoms with Gasteiger partial charge in [0.15, 0.2) is 6.10 Å².